The minimum Gasteiger partial charge on any atom is -0.454 e. The molecule has 1 amide bonds. The first kappa shape index (κ1) is 17.4. The number of hydrogen-bond donors (Lipinski definition) is 2. The minimum atomic E-state index is -0.274. The molecule has 2 N–H and O–H groups in total. The van der Waals surface area contributed by atoms with Crippen LogP contribution >= 0.6 is 0 Å². The smallest absolute Gasteiger partial charge is 0.255 e. The Morgan fingerprint density at radius 2 is 2.00 bits per heavy atom. The number of anilines is 2. The summed E-state index contributed by atoms with van der Waals surface area (Å²) in [4.78, 5) is 16.7. The number of fused-ring (bicyclic) bond motifs is 1. The van der Waals surface area contributed by atoms with Crippen LogP contribution in [0.15, 0.2) is 60.8 Å². The fourth-order valence-corrected chi connectivity index (χ4v) is 2.78. The second kappa shape index (κ2) is 7.68. The number of nitrogens with one attached hydrogen (secondary N) is 2. The maximum atomic E-state index is 12.5. The lowest BCUT2D eigenvalue weighted by Gasteiger charge is -2.09. The Morgan fingerprint density at radius 3 is 2.89 bits per heavy atom. The zero-order valence-electron chi connectivity index (χ0n) is 14.8. The molecule has 0 aliphatic carbocycles. The van der Waals surface area contributed by atoms with Gasteiger partial charge in [0, 0.05) is 24.0 Å². The molecule has 1 aliphatic rings. The largest absolute Gasteiger partial charge is 0.454 e. The van der Waals surface area contributed by atoms with Crippen LogP contribution in [-0.4, -0.2) is 17.7 Å². The molecule has 0 radical (unpaired) electrons. The third-order valence-corrected chi connectivity index (χ3v) is 4.18. The van der Waals surface area contributed by atoms with E-state index in [1.165, 1.54) is 0 Å². The van der Waals surface area contributed by atoms with Crippen LogP contribution < -0.4 is 20.1 Å². The Morgan fingerprint density at radius 1 is 1.11 bits per heavy atom. The monoisotopic (exact) mass is 372 g/mol. The quantitative estimate of drug-likeness (QED) is 0.711. The van der Waals surface area contributed by atoms with Crippen LogP contribution in [0.5, 0.6) is 11.5 Å². The van der Waals surface area contributed by atoms with Gasteiger partial charge in [-0.1, -0.05) is 12.1 Å². The van der Waals surface area contributed by atoms with E-state index < -0.39 is 0 Å². The molecule has 1 aromatic heterocycles. The number of nitrogens with zero attached hydrogens (tertiary/aromatic N) is 2. The van der Waals surface area contributed by atoms with Crippen molar-refractivity contribution in [2.75, 3.05) is 17.4 Å². The molecule has 7 heteroatoms. The molecular weight excluding hydrogens is 356 g/mol. The number of ether oxygens (including phenoxy) is 2. The Hall–Kier alpha value is -4.05. The van der Waals surface area contributed by atoms with E-state index in [1.54, 1.807) is 42.6 Å². The molecule has 138 valence electrons. The summed E-state index contributed by atoms with van der Waals surface area (Å²) in [5.74, 6) is 1.76. The summed E-state index contributed by atoms with van der Waals surface area (Å²) in [5.41, 5.74) is 2.52. The van der Waals surface area contributed by atoms with Crippen molar-refractivity contribution in [1.29, 1.82) is 5.26 Å². The molecule has 0 saturated carbocycles. The van der Waals surface area contributed by atoms with E-state index in [4.69, 9.17) is 14.7 Å². The zero-order chi connectivity index (χ0) is 19.3. The first-order valence-corrected chi connectivity index (χ1v) is 8.61. The van der Waals surface area contributed by atoms with Crippen molar-refractivity contribution >= 4 is 17.4 Å². The first-order valence-electron chi connectivity index (χ1n) is 8.61. The number of amides is 1. The lowest BCUT2D eigenvalue weighted by atomic mass is 10.2. The molecule has 2 heterocycles. The fourth-order valence-electron chi connectivity index (χ4n) is 2.78. The van der Waals surface area contributed by atoms with Gasteiger partial charge in [-0.05, 0) is 48.0 Å². The number of carbonyl (C=O) groups excluding carboxylic acids is 1. The Labute approximate surface area is 161 Å². The Bertz CT molecular complexity index is 1080. The standard InChI is InChI=1S/C21H16N4O3/c22-11-14-2-1-3-17(8-14)25-21(26)16-6-7-23-20(10-16)24-12-15-4-5-18-19(9-15)28-13-27-18/h1-10H,12-13H2,(H,23,24)(H,25,26). The van der Waals surface area contributed by atoms with Gasteiger partial charge < -0.3 is 20.1 Å². The van der Waals surface area contributed by atoms with Crippen molar-refractivity contribution in [1.82, 2.24) is 4.98 Å². The highest BCUT2D eigenvalue weighted by atomic mass is 16.7. The van der Waals surface area contributed by atoms with Crippen LogP contribution in [0.25, 0.3) is 0 Å². The molecule has 7 nitrogen and oxygen atoms in total. The number of rotatable bonds is 5. The summed E-state index contributed by atoms with van der Waals surface area (Å²) in [5, 5.41) is 14.9. The predicted molar refractivity (Wildman–Crippen MR) is 103 cm³/mol. The highest BCUT2D eigenvalue weighted by Crippen LogP contribution is 2.32. The minimum absolute atomic E-state index is 0.238. The van der Waals surface area contributed by atoms with Gasteiger partial charge in [0.1, 0.15) is 5.82 Å². The third-order valence-electron chi connectivity index (χ3n) is 4.18. The first-order chi connectivity index (χ1) is 13.7. The van der Waals surface area contributed by atoms with E-state index in [9.17, 15) is 4.79 Å². The van der Waals surface area contributed by atoms with E-state index in [2.05, 4.69) is 15.6 Å². The molecule has 28 heavy (non-hydrogen) atoms. The summed E-state index contributed by atoms with van der Waals surface area (Å²) in [6.45, 7) is 0.765. The summed E-state index contributed by atoms with van der Waals surface area (Å²) in [6, 6.07) is 17.8. The summed E-state index contributed by atoms with van der Waals surface area (Å²) in [7, 11) is 0. The van der Waals surface area contributed by atoms with Crippen molar-refractivity contribution in [3.63, 3.8) is 0 Å². The van der Waals surface area contributed by atoms with E-state index >= 15 is 0 Å². The Kier molecular flexibility index (Phi) is 4.76. The normalized spacial score (nSPS) is 11.5. The van der Waals surface area contributed by atoms with Gasteiger partial charge in [-0.15, -0.1) is 0 Å². The number of nitriles is 1. The van der Waals surface area contributed by atoms with Gasteiger partial charge >= 0.3 is 0 Å². The van der Waals surface area contributed by atoms with Crippen molar-refractivity contribution in [2.45, 2.75) is 6.54 Å². The van der Waals surface area contributed by atoms with E-state index in [-0.39, 0.29) is 12.7 Å². The summed E-state index contributed by atoms with van der Waals surface area (Å²) in [6.07, 6.45) is 1.57. The van der Waals surface area contributed by atoms with Gasteiger partial charge in [0.2, 0.25) is 6.79 Å². The number of hydrogen-bond acceptors (Lipinski definition) is 6. The van der Waals surface area contributed by atoms with E-state index in [1.807, 2.05) is 24.3 Å². The molecule has 4 rings (SSSR count). The number of aromatic nitrogens is 1. The van der Waals surface area contributed by atoms with Crippen molar-refractivity contribution in [2.24, 2.45) is 0 Å². The molecule has 0 bridgehead atoms. The van der Waals surface area contributed by atoms with E-state index in [0.29, 0.717) is 29.2 Å². The maximum absolute atomic E-state index is 12.5. The molecule has 0 fully saturated rings. The van der Waals surface area contributed by atoms with Crippen LogP contribution in [0.2, 0.25) is 0 Å². The maximum Gasteiger partial charge on any atom is 0.255 e. The molecule has 0 saturated heterocycles. The average molecular weight is 372 g/mol. The molecule has 0 atom stereocenters. The molecule has 2 aromatic carbocycles. The van der Waals surface area contributed by atoms with Gasteiger partial charge in [0.25, 0.3) is 5.91 Å². The summed E-state index contributed by atoms with van der Waals surface area (Å²) >= 11 is 0. The van der Waals surface area contributed by atoms with Crippen LogP contribution in [-0.2, 0) is 6.54 Å². The second-order valence-corrected chi connectivity index (χ2v) is 6.12. The lowest BCUT2D eigenvalue weighted by molar-refractivity contribution is 0.102. The average Bonchev–Trinajstić information content (AvgIpc) is 3.20. The predicted octanol–water partition coefficient (Wildman–Crippen LogP) is 3.55. The molecule has 3 aromatic rings. The second-order valence-electron chi connectivity index (χ2n) is 6.12. The lowest BCUT2D eigenvalue weighted by Crippen LogP contribution is -2.13. The molecule has 0 unspecified atom stereocenters. The molecular formula is C21H16N4O3. The number of pyridine rings is 1. The molecule has 1 aliphatic heterocycles. The number of carbonyl (C=O) groups is 1. The van der Waals surface area contributed by atoms with Crippen molar-refractivity contribution in [3.05, 3.63) is 77.5 Å². The van der Waals surface area contributed by atoms with Crippen LogP contribution in [0.4, 0.5) is 11.5 Å². The fraction of sp³-hybridized carbons (Fsp3) is 0.0952. The highest BCUT2D eigenvalue weighted by Gasteiger charge is 2.13. The van der Waals surface area contributed by atoms with Crippen molar-refractivity contribution < 1.29 is 14.3 Å². The van der Waals surface area contributed by atoms with Gasteiger partial charge in [-0.25, -0.2) is 4.98 Å². The zero-order valence-corrected chi connectivity index (χ0v) is 14.8. The van der Waals surface area contributed by atoms with Gasteiger partial charge in [-0.3, -0.25) is 4.79 Å². The summed E-state index contributed by atoms with van der Waals surface area (Å²) < 4.78 is 10.7. The van der Waals surface area contributed by atoms with Gasteiger partial charge in [0.05, 0.1) is 11.6 Å². The number of benzene rings is 2. The third kappa shape index (κ3) is 3.86. The molecule has 0 spiro atoms. The van der Waals surface area contributed by atoms with Gasteiger partial charge in [-0.2, -0.15) is 5.26 Å². The van der Waals surface area contributed by atoms with Crippen molar-refractivity contribution in [3.8, 4) is 17.6 Å². The van der Waals surface area contributed by atoms with Crippen LogP contribution in [0, 0.1) is 11.3 Å². The highest BCUT2D eigenvalue weighted by molar-refractivity contribution is 6.04. The Balaban J connectivity index is 1.42. The van der Waals surface area contributed by atoms with Crippen LogP contribution in [0.1, 0.15) is 21.5 Å². The van der Waals surface area contributed by atoms with E-state index in [0.717, 1.165) is 17.1 Å². The SMILES string of the molecule is N#Cc1cccc(NC(=O)c2ccnc(NCc3ccc4c(c3)OCO4)c2)c1. The van der Waals surface area contributed by atoms with Crippen LogP contribution in [0.3, 0.4) is 0 Å². The van der Waals surface area contributed by atoms with Gasteiger partial charge in [0.15, 0.2) is 11.5 Å². The topological polar surface area (TPSA) is 96.3 Å².